The summed E-state index contributed by atoms with van der Waals surface area (Å²) in [5.41, 5.74) is 0. The summed E-state index contributed by atoms with van der Waals surface area (Å²) in [5, 5.41) is 9.12. The minimum Gasteiger partial charge on any atom is -0.463 e. The van der Waals surface area contributed by atoms with Crippen LogP contribution in [0, 0.1) is 0 Å². The topological polar surface area (TPSA) is 46.5 Å². The first-order valence-corrected chi connectivity index (χ1v) is 5.21. The number of hydrogen-bond acceptors (Lipinski definition) is 3. The molecular formula is C12H20O3. The Morgan fingerprint density at radius 3 is 2.73 bits per heavy atom. The number of allylic oxidation sites excluding steroid dienone is 1. The number of aliphatic hydroxyl groups excluding tert-OH is 1. The maximum atomic E-state index is 11.2. The molecule has 0 rings (SSSR count). The molecule has 0 aromatic carbocycles. The number of unbranched alkanes of at least 4 members (excludes halogenated alkanes) is 1. The molecular weight excluding hydrogens is 192 g/mol. The summed E-state index contributed by atoms with van der Waals surface area (Å²) >= 11 is 0. The van der Waals surface area contributed by atoms with Crippen LogP contribution < -0.4 is 0 Å². The molecule has 1 N–H and O–H groups in total. The fraction of sp³-hybridized carbons (Fsp3) is 0.583. The highest BCUT2D eigenvalue weighted by Crippen LogP contribution is 2.07. The first-order valence-electron chi connectivity index (χ1n) is 5.21. The molecule has 0 heterocycles. The van der Waals surface area contributed by atoms with E-state index in [9.17, 15) is 4.79 Å². The van der Waals surface area contributed by atoms with Gasteiger partial charge in [-0.25, -0.2) is 0 Å². The Balaban J connectivity index is 3.65. The summed E-state index contributed by atoms with van der Waals surface area (Å²) in [6.45, 7) is 8.85. The van der Waals surface area contributed by atoms with Crippen molar-refractivity contribution in [3.63, 3.8) is 0 Å². The molecule has 0 bridgehead atoms. The average molecular weight is 212 g/mol. The Kier molecular flexibility index (Phi) is 7.64. The van der Waals surface area contributed by atoms with Crippen molar-refractivity contribution in [2.45, 2.75) is 44.8 Å². The molecule has 15 heavy (non-hydrogen) atoms. The monoisotopic (exact) mass is 212 g/mol. The van der Waals surface area contributed by atoms with E-state index in [4.69, 9.17) is 9.84 Å². The summed E-state index contributed by atoms with van der Waals surface area (Å²) in [6, 6.07) is 0. The largest absolute Gasteiger partial charge is 0.463 e. The van der Waals surface area contributed by atoms with Gasteiger partial charge >= 0.3 is 5.97 Å². The van der Waals surface area contributed by atoms with E-state index in [1.807, 2.05) is 13.0 Å². The maximum Gasteiger partial charge on any atom is 0.309 e. The van der Waals surface area contributed by atoms with Gasteiger partial charge in [0, 0.05) is 0 Å². The second-order valence-corrected chi connectivity index (χ2v) is 3.53. The van der Waals surface area contributed by atoms with Crippen molar-refractivity contribution in [3.8, 4) is 0 Å². The number of esters is 1. The molecule has 3 nitrogen and oxygen atoms in total. The minimum absolute atomic E-state index is 0.0186. The zero-order chi connectivity index (χ0) is 11.7. The van der Waals surface area contributed by atoms with E-state index in [1.165, 1.54) is 6.08 Å². The van der Waals surface area contributed by atoms with Gasteiger partial charge in [0.05, 0.1) is 18.6 Å². The van der Waals surface area contributed by atoms with Gasteiger partial charge in [-0.05, 0) is 26.2 Å². The van der Waals surface area contributed by atoms with E-state index >= 15 is 0 Å². The molecule has 2 atom stereocenters. The predicted molar refractivity (Wildman–Crippen MR) is 60.4 cm³/mol. The molecule has 0 aliphatic heterocycles. The molecule has 0 saturated heterocycles. The Labute approximate surface area is 91.4 Å². The second-order valence-electron chi connectivity index (χ2n) is 3.53. The molecule has 0 fully saturated rings. The summed E-state index contributed by atoms with van der Waals surface area (Å²) in [7, 11) is 0. The molecule has 0 amide bonds. The second kappa shape index (κ2) is 8.24. The molecule has 0 unspecified atom stereocenters. The van der Waals surface area contributed by atoms with Gasteiger partial charge in [0.25, 0.3) is 0 Å². The lowest BCUT2D eigenvalue weighted by molar-refractivity contribution is -0.150. The van der Waals surface area contributed by atoms with Crippen LogP contribution in [0.15, 0.2) is 25.3 Å². The lowest BCUT2D eigenvalue weighted by atomic mass is 10.2. The predicted octanol–water partition coefficient (Wildman–Crippen LogP) is 2.21. The number of rotatable bonds is 8. The third kappa shape index (κ3) is 7.94. The van der Waals surface area contributed by atoms with Gasteiger partial charge in [0.2, 0.25) is 0 Å². The fourth-order valence-corrected chi connectivity index (χ4v) is 1.14. The SMILES string of the molecule is C=CCCC[C@@H](C)OC(=O)C[C@H](O)C=C. The normalized spacial score (nSPS) is 14.0. The third-order valence-corrected chi connectivity index (χ3v) is 2.00. The first kappa shape index (κ1) is 13.9. The summed E-state index contributed by atoms with van der Waals surface area (Å²) in [5.74, 6) is -0.381. The van der Waals surface area contributed by atoms with Crippen LogP contribution in [0.3, 0.4) is 0 Å². The molecule has 0 aromatic heterocycles. The quantitative estimate of drug-likeness (QED) is 0.381. The molecule has 3 heteroatoms. The summed E-state index contributed by atoms with van der Waals surface area (Å²) in [6.07, 6.45) is 4.95. The van der Waals surface area contributed by atoms with Crippen LogP contribution in [0.4, 0.5) is 0 Å². The first-order chi connectivity index (χ1) is 7.10. The Hall–Kier alpha value is -1.09. The van der Waals surface area contributed by atoms with E-state index in [-0.39, 0.29) is 18.5 Å². The molecule has 0 saturated carbocycles. The smallest absolute Gasteiger partial charge is 0.309 e. The van der Waals surface area contributed by atoms with Crippen LogP contribution >= 0.6 is 0 Å². The van der Waals surface area contributed by atoms with Crippen molar-refractivity contribution >= 4 is 5.97 Å². The summed E-state index contributed by atoms with van der Waals surface area (Å²) in [4.78, 5) is 11.2. The van der Waals surface area contributed by atoms with Crippen molar-refractivity contribution in [1.82, 2.24) is 0 Å². The van der Waals surface area contributed by atoms with Crippen LogP contribution in [-0.4, -0.2) is 23.3 Å². The zero-order valence-corrected chi connectivity index (χ0v) is 9.32. The maximum absolute atomic E-state index is 11.2. The fourth-order valence-electron chi connectivity index (χ4n) is 1.14. The molecule has 86 valence electrons. The van der Waals surface area contributed by atoms with Crippen molar-refractivity contribution in [3.05, 3.63) is 25.3 Å². The van der Waals surface area contributed by atoms with Crippen LogP contribution in [0.2, 0.25) is 0 Å². The molecule has 0 spiro atoms. The van der Waals surface area contributed by atoms with Crippen molar-refractivity contribution in [2.75, 3.05) is 0 Å². The molecule has 0 aliphatic rings. The van der Waals surface area contributed by atoms with Crippen molar-refractivity contribution in [2.24, 2.45) is 0 Å². The van der Waals surface area contributed by atoms with Crippen molar-refractivity contribution < 1.29 is 14.6 Å². The van der Waals surface area contributed by atoms with Crippen LogP contribution in [0.5, 0.6) is 0 Å². The number of carbonyl (C=O) groups excluding carboxylic acids is 1. The van der Waals surface area contributed by atoms with Gasteiger partial charge in [0.1, 0.15) is 0 Å². The summed E-state index contributed by atoms with van der Waals surface area (Å²) < 4.78 is 5.09. The lowest BCUT2D eigenvalue weighted by Gasteiger charge is -2.13. The minimum atomic E-state index is -0.808. The average Bonchev–Trinajstić information content (AvgIpc) is 2.17. The van der Waals surface area contributed by atoms with Crippen LogP contribution in [0.25, 0.3) is 0 Å². The number of ether oxygens (including phenoxy) is 1. The van der Waals surface area contributed by atoms with E-state index < -0.39 is 6.10 Å². The van der Waals surface area contributed by atoms with E-state index in [0.717, 1.165) is 19.3 Å². The van der Waals surface area contributed by atoms with Crippen LogP contribution in [-0.2, 0) is 9.53 Å². The highest BCUT2D eigenvalue weighted by Gasteiger charge is 2.12. The van der Waals surface area contributed by atoms with E-state index in [1.54, 1.807) is 0 Å². The zero-order valence-electron chi connectivity index (χ0n) is 9.32. The molecule has 0 aliphatic carbocycles. The molecule has 0 radical (unpaired) electrons. The standard InChI is InChI=1S/C12H20O3/c1-4-6-7-8-10(3)15-12(14)9-11(13)5-2/h4-5,10-11,13H,1-2,6-9H2,3H3/t10-,11-/m1/s1. The number of carbonyl (C=O) groups is 1. The van der Waals surface area contributed by atoms with Crippen molar-refractivity contribution in [1.29, 1.82) is 0 Å². The number of aliphatic hydroxyl groups is 1. The Morgan fingerprint density at radius 2 is 2.20 bits per heavy atom. The number of hydrogen-bond donors (Lipinski definition) is 1. The highest BCUT2D eigenvalue weighted by atomic mass is 16.5. The molecule has 0 aromatic rings. The van der Waals surface area contributed by atoms with Gasteiger partial charge in [-0.2, -0.15) is 0 Å². The van der Waals surface area contributed by atoms with Gasteiger partial charge in [-0.3, -0.25) is 4.79 Å². The highest BCUT2D eigenvalue weighted by molar-refractivity contribution is 5.70. The van der Waals surface area contributed by atoms with Gasteiger partial charge in [-0.15, -0.1) is 13.2 Å². The van der Waals surface area contributed by atoms with Gasteiger partial charge in [0.15, 0.2) is 0 Å². The Morgan fingerprint density at radius 1 is 1.53 bits per heavy atom. The van der Waals surface area contributed by atoms with Gasteiger partial charge < -0.3 is 9.84 Å². The Bertz CT molecular complexity index is 211. The van der Waals surface area contributed by atoms with E-state index in [2.05, 4.69) is 13.2 Å². The van der Waals surface area contributed by atoms with E-state index in [0.29, 0.717) is 0 Å². The van der Waals surface area contributed by atoms with Crippen LogP contribution in [0.1, 0.15) is 32.6 Å². The lowest BCUT2D eigenvalue weighted by Crippen LogP contribution is -2.19. The third-order valence-electron chi connectivity index (χ3n) is 2.00. The van der Waals surface area contributed by atoms with Gasteiger partial charge in [-0.1, -0.05) is 12.2 Å².